The number of benzene rings is 1. The molecule has 5 nitrogen and oxygen atoms in total. The summed E-state index contributed by atoms with van der Waals surface area (Å²) in [7, 11) is 0. The molecule has 0 unspecified atom stereocenters. The van der Waals surface area contributed by atoms with Gasteiger partial charge in [0.25, 0.3) is 5.89 Å². The Morgan fingerprint density at radius 3 is 2.82 bits per heavy atom. The maximum Gasteiger partial charge on any atom is 0.309 e. The van der Waals surface area contributed by atoms with Crippen molar-refractivity contribution >= 4 is 17.2 Å². The summed E-state index contributed by atoms with van der Waals surface area (Å²) in [6.45, 7) is 1.86. The Morgan fingerprint density at radius 1 is 1.27 bits per heavy atom. The first kappa shape index (κ1) is 14.4. The van der Waals surface area contributed by atoms with Gasteiger partial charge in [-0.1, -0.05) is 18.2 Å². The molecule has 0 aliphatic carbocycles. The predicted molar refractivity (Wildman–Crippen MR) is 79.9 cm³/mol. The molecule has 112 valence electrons. The third-order valence-electron chi connectivity index (χ3n) is 3.04. The number of hydrogen-bond donors (Lipinski definition) is 1. The minimum Gasteiger partial charge on any atom is -0.412 e. The average Bonchev–Trinajstić information content (AvgIpc) is 3.19. The molecule has 3 rings (SSSR count). The van der Waals surface area contributed by atoms with Gasteiger partial charge in [0.2, 0.25) is 0 Å². The lowest BCUT2D eigenvalue weighted by molar-refractivity contribution is 0.0906. The molecular weight excluding hydrogens is 305 g/mol. The summed E-state index contributed by atoms with van der Waals surface area (Å²) in [5, 5.41) is 12.1. The summed E-state index contributed by atoms with van der Waals surface area (Å²) in [4.78, 5) is 13.1. The maximum absolute atomic E-state index is 13.7. The van der Waals surface area contributed by atoms with Crippen molar-refractivity contribution in [2.75, 3.05) is 0 Å². The largest absolute Gasteiger partial charge is 0.412 e. The quantitative estimate of drug-likeness (QED) is 0.800. The normalized spacial score (nSPS) is 12.1. The number of carbonyl (C=O) groups is 1. The number of carbonyl (C=O) groups excluding carboxylic acids is 1. The molecule has 0 saturated carbocycles. The Bertz CT molecular complexity index is 786. The smallest absolute Gasteiger partial charge is 0.309 e. The number of hydrogen-bond acceptors (Lipinski definition) is 5. The molecule has 1 N–H and O–H groups in total. The van der Waals surface area contributed by atoms with Gasteiger partial charge in [0.15, 0.2) is 0 Å². The first-order valence-electron chi connectivity index (χ1n) is 6.58. The fourth-order valence-corrected chi connectivity index (χ4v) is 2.66. The van der Waals surface area contributed by atoms with Gasteiger partial charge in [-0.05, 0) is 30.5 Å². The van der Waals surface area contributed by atoms with Crippen LogP contribution in [-0.2, 0) is 0 Å². The second kappa shape index (κ2) is 6.07. The zero-order valence-corrected chi connectivity index (χ0v) is 12.4. The van der Waals surface area contributed by atoms with E-state index in [9.17, 15) is 9.18 Å². The van der Waals surface area contributed by atoms with Crippen LogP contribution in [0.3, 0.4) is 0 Å². The van der Waals surface area contributed by atoms with E-state index in [2.05, 4.69) is 15.5 Å². The Hall–Kier alpha value is -2.54. The molecule has 1 amide bonds. The molecule has 1 aromatic carbocycles. The molecular formula is C15H12FN3O2S. The summed E-state index contributed by atoms with van der Waals surface area (Å²) >= 11 is 1.54. The van der Waals surface area contributed by atoms with Crippen molar-refractivity contribution in [3.63, 3.8) is 0 Å². The second-order valence-electron chi connectivity index (χ2n) is 4.60. The van der Waals surface area contributed by atoms with E-state index in [1.54, 1.807) is 23.5 Å². The van der Waals surface area contributed by atoms with Crippen LogP contribution in [0.25, 0.3) is 11.5 Å². The fourth-order valence-electron chi connectivity index (χ4n) is 1.93. The lowest BCUT2D eigenvalue weighted by atomic mass is 10.2. The van der Waals surface area contributed by atoms with Crippen LogP contribution in [0.4, 0.5) is 4.39 Å². The van der Waals surface area contributed by atoms with E-state index in [0.717, 1.165) is 4.88 Å². The van der Waals surface area contributed by atoms with Crippen molar-refractivity contribution in [3.8, 4) is 11.5 Å². The highest BCUT2D eigenvalue weighted by Crippen LogP contribution is 2.22. The molecule has 7 heteroatoms. The van der Waals surface area contributed by atoms with Crippen LogP contribution in [0.1, 0.15) is 28.5 Å². The average molecular weight is 317 g/mol. The Labute approximate surface area is 129 Å². The topological polar surface area (TPSA) is 68.0 Å². The highest BCUT2D eigenvalue weighted by Gasteiger charge is 2.19. The van der Waals surface area contributed by atoms with Gasteiger partial charge in [-0.3, -0.25) is 4.79 Å². The molecule has 2 aromatic heterocycles. The summed E-state index contributed by atoms with van der Waals surface area (Å²) in [5.74, 6) is -1.19. The predicted octanol–water partition coefficient (Wildman–Crippen LogP) is 3.43. The highest BCUT2D eigenvalue weighted by atomic mass is 32.1. The second-order valence-corrected chi connectivity index (χ2v) is 5.58. The van der Waals surface area contributed by atoms with E-state index < -0.39 is 11.7 Å². The van der Waals surface area contributed by atoms with E-state index in [1.165, 1.54) is 12.1 Å². The molecule has 0 radical (unpaired) electrons. The van der Waals surface area contributed by atoms with E-state index in [-0.39, 0.29) is 23.4 Å². The fraction of sp³-hybridized carbons (Fsp3) is 0.133. The molecule has 0 saturated heterocycles. The van der Waals surface area contributed by atoms with Crippen molar-refractivity contribution in [1.29, 1.82) is 0 Å². The van der Waals surface area contributed by atoms with Crippen molar-refractivity contribution in [1.82, 2.24) is 15.5 Å². The zero-order chi connectivity index (χ0) is 15.5. The van der Waals surface area contributed by atoms with Crippen molar-refractivity contribution in [2.45, 2.75) is 13.0 Å². The van der Waals surface area contributed by atoms with E-state index in [0.29, 0.717) is 0 Å². The molecule has 0 fully saturated rings. The van der Waals surface area contributed by atoms with Gasteiger partial charge in [-0.25, -0.2) is 4.39 Å². The van der Waals surface area contributed by atoms with Crippen molar-refractivity contribution < 1.29 is 13.6 Å². The third-order valence-corrected chi connectivity index (χ3v) is 4.10. The first-order valence-corrected chi connectivity index (χ1v) is 7.46. The van der Waals surface area contributed by atoms with Gasteiger partial charge in [-0.2, -0.15) is 0 Å². The van der Waals surface area contributed by atoms with Gasteiger partial charge < -0.3 is 9.73 Å². The lowest BCUT2D eigenvalue weighted by Crippen LogP contribution is -2.26. The van der Waals surface area contributed by atoms with Crippen molar-refractivity contribution in [3.05, 3.63) is 58.4 Å². The number of nitrogens with one attached hydrogen (secondary N) is 1. The first-order chi connectivity index (χ1) is 10.6. The van der Waals surface area contributed by atoms with Crippen LogP contribution in [0, 0.1) is 5.82 Å². The lowest BCUT2D eigenvalue weighted by Gasteiger charge is -2.09. The zero-order valence-electron chi connectivity index (χ0n) is 11.6. The van der Waals surface area contributed by atoms with Crippen LogP contribution in [0.15, 0.2) is 46.2 Å². The summed E-state index contributed by atoms with van der Waals surface area (Å²) < 4.78 is 18.9. The maximum atomic E-state index is 13.7. The highest BCUT2D eigenvalue weighted by molar-refractivity contribution is 7.10. The van der Waals surface area contributed by atoms with Gasteiger partial charge >= 0.3 is 11.8 Å². The van der Waals surface area contributed by atoms with Crippen LogP contribution in [0.5, 0.6) is 0 Å². The summed E-state index contributed by atoms with van der Waals surface area (Å²) in [6, 6.07) is 9.68. The van der Waals surface area contributed by atoms with E-state index in [1.807, 2.05) is 24.4 Å². The number of aromatic nitrogens is 2. The number of nitrogens with zero attached hydrogens (tertiary/aromatic N) is 2. The summed E-state index contributed by atoms with van der Waals surface area (Å²) in [6.07, 6.45) is 0. The summed E-state index contributed by atoms with van der Waals surface area (Å²) in [5.41, 5.74) is 0.167. The van der Waals surface area contributed by atoms with Crippen LogP contribution >= 0.6 is 11.3 Å². The third kappa shape index (κ3) is 2.89. The van der Waals surface area contributed by atoms with Gasteiger partial charge in [-0.15, -0.1) is 21.5 Å². The molecule has 0 aliphatic rings. The minimum absolute atomic E-state index is 0.0213. The monoisotopic (exact) mass is 317 g/mol. The number of rotatable bonds is 4. The van der Waals surface area contributed by atoms with E-state index >= 15 is 0 Å². The SMILES string of the molecule is C[C@H](NC(=O)c1nnc(-c2ccccc2F)o1)c1cccs1. The molecule has 22 heavy (non-hydrogen) atoms. The molecule has 2 heterocycles. The number of amides is 1. The Balaban J connectivity index is 1.76. The molecule has 0 bridgehead atoms. The van der Waals surface area contributed by atoms with Crippen LogP contribution in [0.2, 0.25) is 0 Å². The molecule has 3 aromatic rings. The Kier molecular flexibility index (Phi) is 3.97. The van der Waals surface area contributed by atoms with Gasteiger partial charge in [0.1, 0.15) is 5.82 Å². The Morgan fingerprint density at radius 2 is 2.09 bits per heavy atom. The minimum atomic E-state index is -0.490. The van der Waals surface area contributed by atoms with Gasteiger partial charge in [0, 0.05) is 4.88 Å². The number of halogens is 1. The van der Waals surface area contributed by atoms with Crippen molar-refractivity contribution in [2.24, 2.45) is 0 Å². The van der Waals surface area contributed by atoms with Crippen LogP contribution in [-0.4, -0.2) is 16.1 Å². The van der Waals surface area contributed by atoms with Crippen LogP contribution < -0.4 is 5.32 Å². The molecule has 0 aliphatic heterocycles. The number of thiophene rings is 1. The van der Waals surface area contributed by atoms with E-state index in [4.69, 9.17) is 4.42 Å². The molecule has 1 atom stereocenters. The molecule has 0 spiro atoms. The van der Waals surface area contributed by atoms with Gasteiger partial charge in [0.05, 0.1) is 11.6 Å². The standard InChI is InChI=1S/C15H12FN3O2S/c1-9(12-7-4-8-22-12)17-13(20)15-19-18-14(21-15)10-5-2-3-6-11(10)16/h2-9H,1H3,(H,17,20)/t9-/m0/s1.